The van der Waals surface area contributed by atoms with Gasteiger partial charge in [0.15, 0.2) is 11.5 Å². The van der Waals surface area contributed by atoms with Crippen LogP contribution in [0.15, 0.2) is 42.5 Å². The Kier molecular flexibility index (Phi) is 8.09. The molecular formula is C20H24ClNO4. The van der Waals surface area contributed by atoms with Crippen molar-refractivity contribution in [3.05, 3.63) is 53.1 Å². The molecular weight excluding hydrogens is 354 g/mol. The summed E-state index contributed by atoms with van der Waals surface area (Å²) in [5.74, 6) is 1.84. The Morgan fingerprint density at radius 1 is 1.04 bits per heavy atom. The van der Waals surface area contributed by atoms with Crippen LogP contribution in [-0.2, 0) is 0 Å². The topological polar surface area (TPSA) is 56.8 Å². The van der Waals surface area contributed by atoms with Crippen LogP contribution in [0.2, 0.25) is 5.02 Å². The lowest BCUT2D eigenvalue weighted by Crippen LogP contribution is -2.24. The Bertz CT molecular complexity index is 703. The van der Waals surface area contributed by atoms with Gasteiger partial charge < -0.3 is 19.5 Å². The lowest BCUT2D eigenvalue weighted by Gasteiger charge is -2.11. The van der Waals surface area contributed by atoms with E-state index in [1.54, 1.807) is 37.4 Å². The van der Waals surface area contributed by atoms with Gasteiger partial charge in [-0.2, -0.15) is 0 Å². The van der Waals surface area contributed by atoms with Crippen LogP contribution in [0.3, 0.4) is 0 Å². The number of nitrogens with one attached hydrogen (secondary N) is 1. The molecule has 0 bridgehead atoms. The molecule has 0 saturated carbocycles. The Labute approximate surface area is 159 Å². The number of unbranched alkanes of at least 4 members (excludes halogenated alkanes) is 1. The quantitative estimate of drug-likeness (QED) is 0.626. The average Bonchev–Trinajstić information content (AvgIpc) is 2.66. The molecule has 1 amide bonds. The van der Waals surface area contributed by atoms with Crippen LogP contribution in [0.1, 0.15) is 30.1 Å². The number of carbonyl (C=O) groups excluding carboxylic acids is 1. The maximum atomic E-state index is 12.2. The van der Waals surface area contributed by atoms with Crippen LogP contribution >= 0.6 is 11.6 Å². The summed E-state index contributed by atoms with van der Waals surface area (Å²) >= 11 is 5.83. The first kappa shape index (κ1) is 19.9. The van der Waals surface area contributed by atoms with Crippen molar-refractivity contribution in [2.45, 2.75) is 19.8 Å². The molecule has 0 aromatic heterocycles. The van der Waals surface area contributed by atoms with Crippen molar-refractivity contribution >= 4 is 17.5 Å². The summed E-state index contributed by atoms with van der Waals surface area (Å²) in [5, 5.41) is 3.59. The molecule has 2 aromatic rings. The standard InChI is InChI=1S/C20H24ClNO4/c1-3-25-19-14-15(6-11-18(19)24-2)20(23)22-12-4-5-13-26-17-9-7-16(21)8-10-17/h6-11,14H,3-5,12-13H2,1-2H3,(H,22,23). The molecule has 0 heterocycles. The second kappa shape index (κ2) is 10.6. The number of hydrogen-bond acceptors (Lipinski definition) is 4. The van der Waals surface area contributed by atoms with Gasteiger partial charge >= 0.3 is 0 Å². The van der Waals surface area contributed by atoms with E-state index in [-0.39, 0.29) is 5.91 Å². The van der Waals surface area contributed by atoms with E-state index in [1.807, 2.05) is 19.1 Å². The van der Waals surface area contributed by atoms with Gasteiger partial charge in [-0.15, -0.1) is 0 Å². The minimum absolute atomic E-state index is 0.132. The van der Waals surface area contributed by atoms with E-state index >= 15 is 0 Å². The molecule has 0 fully saturated rings. The van der Waals surface area contributed by atoms with E-state index in [1.165, 1.54) is 0 Å². The first-order chi connectivity index (χ1) is 12.6. The van der Waals surface area contributed by atoms with Gasteiger partial charge in [-0.05, 0) is 62.2 Å². The van der Waals surface area contributed by atoms with E-state index in [9.17, 15) is 4.79 Å². The summed E-state index contributed by atoms with van der Waals surface area (Å²) in [7, 11) is 1.57. The van der Waals surface area contributed by atoms with Crippen LogP contribution in [0.5, 0.6) is 17.2 Å². The van der Waals surface area contributed by atoms with E-state index in [4.69, 9.17) is 25.8 Å². The highest BCUT2D eigenvalue weighted by Crippen LogP contribution is 2.28. The lowest BCUT2D eigenvalue weighted by atomic mass is 10.2. The SMILES string of the molecule is CCOc1cc(C(=O)NCCCCOc2ccc(Cl)cc2)ccc1OC. The Morgan fingerprint density at radius 2 is 1.81 bits per heavy atom. The first-order valence-corrected chi connectivity index (χ1v) is 8.99. The molecule has 6 heteroatoms. The zero-order valence-electron chi connectivity index (χ0n) is 15.1. The summed E-state index contributed by atoms with van der Waals surface area (Å²) in [4.78, 5) is 12.2. The van der Waals surface area contributed by atoms with E-state index in [0.717, 1.165) is 18.6 Å². The third kappa shape index (κ3) is 6.15. The monoisotopic (exact) mass is 377 g/mol. The molecule has 2 rings (SSSR count). The van der Waals surface area contributed by atoms with Gasteiger partial charge in [0.25, 0.3) is 5.91 Å². The fraction of sp³-hybridized carbons (Fsp3) is 0.350. The fourth-order valence-corrected chi connectivity index (χ4v) is 2.46. The number of carbonyl (C=O) groups is 1. The molecule has 0 radical (unpaired) electrons. The molecule has 0 aliphatic heterocycles. The second-order valence-corrected chi connectivity index (χ2v) is 6.00. The number of rotatable bonds is 10. The minimum Gasteiger partial charge on any atom is -0.494 e. The molecule has 0 saturated heterocycles. The van der Waals surface area contributed by atoms with Crippen molar-refractivity contribution in [2.75, 3.05) is 26.9 Å². The van der Waals surface area contributed by atoms with Crippen LogP contribution < -0.4 is 19.5 Å². The highest BCUT2D eigenvalue weighted by molar-refractivity contribution is 6.30. The zero-order chi connectivity index (χ0) is 18.8. The van der Waals surface area contributed by atoms with Gasteiger partial charge in [0.2, 0.25) is 0 Å². The number of ether oxygens (including phenoxy) is 3. The number of benzene rings is 2. The molecule has 26 heavy (non-hydrogen) atoms. The fourth-order valence-electron chi connectivity index (χ4n) is 2.34. The molecule has 0 unspecified atom stereocenters. The maximum Gasteiger partial charge on any atom is 0.251 e. The van der Waals surface area contributed by atoms with Crippen molar-refractivity contribution in [1.82, 2.24) is 5.32 Å². The molecule has 0 aliphatic rings. The first-order valence-electron chi connectivity index (χ1n) is 8.61. The van der Waals surface area contributed by atoms with Crippen molar-refractivity contribution in [2.24, 2.45) is 0 Å². The van der Waals surface area contributed by atoms with Gasteiger partial charge in [-0.25, -0.2) is 0 Å². The number of hydrogen-bond donors (Lipinski definition) is 1. The van der Waals surface area contributed by atoms with Crippen LogP contribution in [0, 0.1) is 0 Å². The highest BCUT2D eigenvalue weighted by Gasteiger charge is 2.10. The van der Waals surface area contributed by atoms with Gasteiger partial charge in [0.05, 0.1) is 20.3 Å². The zero-order valence-corrected chi connectivity index (χ0v) is 15.8. The third-order valence-corrected chi connectivity index (χ3v) is 3.92. The smallest absolute Gasteiger partial charge is 0.251 e. The Morgan fingerprint density at radius 3 is 2.50 bits per heavy atom. The summed E-state index contributed by atoms with van der Waals surface area (Å²) in [6, 6.07) is 12.4. The Balaban J connectivity index is 1.71. The molecule has 1 N–H and O–H groups in total. The molecule has 0 aliphatic carbocycles. The van der Waals surface area contributed by atoms with Crippen molar-refractivity contribution in [3.63, 3.8) is 0 Å². The third-order valence-electron chi connectivity index (χ3n) is 3.66. The van der Waals surface area contributed by atoms with E-state index < -0.39 is 0 Å². The molecule has 5 nitrogen and oxygen atoms in total. The summed E-state index contributed by atoms with van der Waals surface area (Å²) in [6.07, 6.45) is 1.67. The van der Waals surface area contributed by atoms with Crippen LogP contribution in [-0.4, -0.2) is 32.8 Å². The van der Waals surface area contributed by atoms with Crippen LogP contribution in [0.4, 0.5) is 0 Å². The van der Waals surface area contributed by atoms with Gasteiger partial charge in [0, 0.05) is 17.1 Å². The molecule has 2 aromatic carbocycles. The lowest BCUT2D eigenvalue weighted by molar-refractivity contribution is 0.0952. The minimum atomic E-state index is -0.132. The van der Waals surface area contributed by atoms with Crippen molar-refractivity contribution in [3.8, 4) is 17.2 Å². The largest absolute Gasteiger partial charge is 0.494 e. The second-order valence-electron chi connectivity index (χ2n) is 5.56. The number of methoxy groups -OCH3 is 1. The summed E-state index contributed by atoms with van der Waals surface area (Å²) in [6.45, 7) is 3.57. The maximum absolute atomic E-state index is 12.2. The van der Waals surface area contributed by atoms with Gasteiger partial charge in [-0.1, -0.05) is 11.6 Å². The molecule has 0 spiro atoms. The van der Waals surface area contributed by atoms with E-state index in [0.29, 0.717) is 41.8 Å². The molecule has 140 valence electrons. The van der Waals surface area contributed by atoms with Gasteiger partial charge in [0.1, 0.15) is 5.75 Å². The summed E-state index contributed by atoms with van der Waals surface area (Å²) < 4.78 is 16.3. The van der Waals surface area contributed by atoms with E-state index in [2.05, 4.69) is 5.32 Å². The van der Waals surface area contributed by atoms with Gasteiger partial charge in [-0.3, -0.25) is 4.79 Å². The number of amides is 1. The predicted octanol–water partition coefficient (Wildman–Crippen LogP) is 4.34. The van der Waals surface area contributed by atoms with Crippen molar-refractivity contribution < 1.29 is 19.0 Å². The average molecular weight is 378 g/mol. The van der Waals surface area contributed by atoms with Crippen molar-refractivity contribution in [1.29, 1.82) is 0 Å². The summed E-state index contributed by atoms with van der Waals surface area (Å²) in [5.41, 5.74) is 0.548. The predicted molar refractivity (Wildman–Crippen MR) is 103 cm³/mol. The van der Waals surface area contributed by atoms with Crippen LogP contribution in [0.25, 0.3) is 0 Å². The highest BCUT2D eigenvalue weighted by atomic mass is 35.5. The normalized spacial score (nSPS) is 10.3. The Hall–Kier alpha value is -2.40. The number of halogens is 1. The molecule has 0 atom stereocenters.